The van der Waals surface area contributed by atoms with Crippen LogP contribution in [0, 0.1) is 20.8 Å². The molecule has 0 unspecified atom stereocenters. The summed E-state index contributed by atoms with van der Waals surface area (Å²) < 4.78 is 8.48. The first-order chi connectivity index (χ1) is 18.5. The quantitative estimate of drug-likeness (QED) is 0.284. The Balaban J connectivity index is 1.42. The number of aryl methyl sites for hydroxylation is 2. The summed E-state index contributed by atoms with van der Waals surface area (Å²) in [5.74, 6) is 1.87. The second-order valence-electron chi connectivity index (χ2n) is 10.3. The molecule has 38 heavy (non-hydrogen) atoms. The minimum Gasteiger partial charge on any atom is -0.490 e. The molecule has 0 bridgehead atoms. The second kappa shape index (κ2) is 10.2. The van der Waals surface area contributed by atoms with Crippen molar-refractivity contribution in [3.8, 4) is 11.6 Å². The van der Waals surface area contributed by atoms with Gasteiger partial charge in [-0.25, -0.2) is 4.98 Å². The zero-order valence-corrected chi connectivity index (χ0v) is 22.9. The van der Waals surface area contributed by atoms with Gasteiger partial charge in [0.15, 0.2) is 5.11 Å². The second-order valence-corrected chi connectivity index (χ2v) is 10.7. The van der Waals surface area contributed by atoms with Gasteiger partial charge in [-0.2, -0.15) is 0 Å². The van der Waals surface area contributed by atoms with Crippen molar-refractivity contribution in [3.05, 3.63) is 101 Å². The molecule has 0 spiro atoms. The van der Waals surface area contributed by atoms with Crippen LogP contribution in [0.5, 0.6) is 5.75 Å². The van der Waals surface area contributed by atoms with E-state index in [1.54, 1.807) is 0 Å². The van der Waals surface area contributed by atoms with Crippen molar-refractivity contribution in [1.29, 1.82) is 0 Å². The van der Waals surface area contributed by atoms with E-state index in [1.807, 2.05) is 30.6 Å². The van der Waals surface area contributed by atoms with Gasteiger partial charge in [-0.05, 0) is 118 Å². The van der Waals surface area contributed by atoms with Crippen LogP contribution in [0.2, 0.25) is 0 Å². The lowest BCUT2D eigenvalue weighted by Gasteiger charge is -2.28. The van der Waals surface area contributed by atoms with Gasteiger partial charge in [-0.3, -0.25) is 4.98 Å². The third-order valence-corrected chi connectivity index (χ3v) is 8.12. The topological polar surface area (TPSA) is 55.2 Å². The Hall–Kier alpha value is -3.71. The summed E-state index contributed by atoms with van der Waals surface area (Å²) in [5, 5.41) is 4.28. The minimum atomic E-state index is -0.100. The van der Waals surface area contributed by atoms with E-state index in [2.05, 4.69) is 78.0 Å². The van der Waals surface area contributed by atoms with Crippen molar-refractivity contribution >= 4 is 23.0 Å². The fourth-order valence-corrected chi connectivity index (χ4v) is 6.30. The van der Waals surface area contributed by atoms with Crippen LogP contribution in [0.4, 0.5) is 5.69 Å². The molecule has 4 heterocycles. The summed E-state index contributed by atoms with van der Waals surface area (Å²) in [5.41, 5.74) is 6.61. The van der Waals surface area contributed by atoms with Gasteiger partial charge >= 0.3 is 0 Å². The molecule has 194 valence electrons. The lowest BCUT2D eigenvalue weighted by molar-refractivity contribution is 0.210. The molecule has 2 aliphatic rings. The third-order valence-electron chi connectivity index (χ3n) is 7.80. The van der Waals surface area contributed by atoms with Crippen LogP contribution in [0.1, 0.15) is 66.0 Å². The molecule has 6 nitrogen and oxygen atoms in total. The first-order valence-electron chi connectivity index (χ1n) is 13.4. The van der Waals surface area contributed by atoms with Crippen LogP contribution >= 0.6 is 12.2 Å². The van der Waals surface area contributed by atoms with Gasteiger partial charge < -0.3 is 19.5 Å². The van der Waals surface area contributed by atoms with Gasteiger partial charge in [0.2, 0.25) is 0 Å². The lowest BCUT2D eigenvalue weighted by Crippen LogP contribution is -2.29. The highest BCUT2D eigenvalue weighted by atomic mass is 32.1. The first kappa shape index (κ1) is 24.6. The molecule has 2 atom stereocenters. The van der Waals surface area contributed by atoms with Crippen molar-refractivity contribution in [2.45, 2.75) is 64.6 Å². The van der Waals surface area contributed by atoms with E-state index in [4.69, 9.17) is 26.9 Å². The smallest absolute Gasteiger partial charge is 0.174 e. The van der Waals surface area contributed by atoms with E-state index >= 15 is 0 Å². The minimum absolute atomic E-state index is 0.0806. The number of ether oxygens (including phenoxy) is 1. The molecule has 7 heteroatoms. The normalized spacial score (nSPS) is 19.7. The zero-order valence-electron chi connectivity index (χ0n) is 22.1. The Morgan fingerprint density at radius 1 is 0.921 bits per heavy atom. The molecule has 3 aromatic heterocycles. The van der Waals surface area contributed by atoms with E-state index < -0.39 is 0 Å². The van der Waals surface area contributed by atoms with Crippen LogP contribution in [-0.2, 0) is 0 Å². The van der Waals surface area contributed by atoms with Gasteiger partial charge in [0, 0.05) is 29.5 Å². The monoisotopic (exact) mass is 523 g/mol. The summed E-state index contributed by atoms with van der Waals surface area (Å²) >= 11 is 5.96. The largest absolute Gasteiger partial charge is 0.490 e. The van der Waals surface area contributed by atoms with Crippen molar-refractivity contribution < 1.29 is 4.74 Å². The fourth-order valence-electron chi connectivity index (χ4n) is 5.96. The number of aromatic nitrogens is 3. The number of hydrogen-bond acceptors (Lipinski definition) is 4. The Morgan fingerprint density at radius 2 is 1.68 bits per heavy atom. The molecule has 1 saturated carbocycles. The third kappa shape index (κ3) is 4.45. The van der Waals surface area contributed by atoms with Gasteiger partial charge in [0.05, 0.1) is 23.9 Å². The van der Waals surface area contributed by atoms with Crippen LogP contribution < -0.4 is 15.0 Å². The van der Waals surface area contributed by atoms with Gasteiger partial charge in [0.1, 0.15) is 11.6 Å². The molecule has 4 aromatic rings. The molecular formula is C31H33N5OS. The molecule has 1 N–H and O–H groups in total. The number of nitrogens with one attached hydrogen (secondary N) is 1. The Labute approximate surface area is 229 Å². The Kier molecular flexibility index (Phi) is 6.62. The number of nitrogens with zero attached hydrogens (tertiary/aromatic N) is 4. The van der Waals surface area contributed by atoms with Gasteiger partial charge in [0.25, 0.3) is 0 Å². The highest BCUT2D eigenvalue weighted by molar-refractivity contribution is 7.80. The number of rotatable bonds is 6. The van der Waals surface area contributed by atoms with Crippen LogP contribution in [-0.4, -0.2) is 25.8 Å². The van der Waals surface area contributed by atoms with E-state index in [9.17, 15) is 0 Å². The standard InChI is InChI=1S/C31H33N5OS/c1-20-9-8-18-33-30(20)35-21(2)19-26(22(35)3)29-28(27-12-6-7-17-32-27)34-31(38)36(29)23-13-15-25(16-14-23)37-24-10-4-5-11-24/h6-9,12-19,24,28-29H,4-5,10-11H2,1-3H3,(H,34,38)/t28-,29+/m0/s1. The summed E-state index contributed by atoms with van der Waals surface area (Å²) in [6, 6.07) is 20.6. The Morgan fingerprint density at radius 3 is 2.39 bits per heavy atom. The highest BCUT2D eigenvalue weighted by Gasteiger charge is 2.42. The maximum atomic E-state index is 6.23. The summed E-state index contributed by atoms with van der Waals surface area (Å²) in [6.45, 7) is 6.41. The molecule has 1 aromatic carbocycles. The van der Waals surface area contributed by atoms with Crippen molar-refractivity contribution in [2.75, 3.05) is 4.90 Å². The van der Waals surface area contributed by atoms with Crippen molar-refractivity contribution in [2.24, 2.45) is 0 Å². The Bertz CT molecular complexity index is 1440. The lowest BCUT2D eigenvalue weighted by atomic mass is 9.96. The maximum Gasteiger partial charge on any atom is 0.174 e. The number of hydrogen-bond donors (Lipinski definition) is 1. The first-order valence-corrected chi connectivity index (χ1v) is 13.8. The molecule has 1 aliphatic carbocycles. The molecule has 1 saturated heterocycles. The number of thiocarbonyl (C=S) groups is 1. The molecule has 0 radical (unpaired) electrons. The van der Waals surface area contributed by atoms with Crippen LogP contribution in [0.15, 0.2) is 73.1 Å². The van der Waals surface area contributed by atoms with E-state index in [0.717, 1.165) is 52.7 Å². The predicted octanol–water partition coefficient (Wildman–Crippen LogP) is 6.69. The number of benzene rings is 1. The average molecular weight is 524 g/mol. The van der Waals surface area contributed by atoms with E-state index in [0.29, 0.717) is 11.2 Å². The van der Waals surface area contributed by atoms with Gasteiger partial charge in [-0.15, -0.1) is 0 Å². The van der Waals surface area contributed by atoms with Crippen LogP contribution in [0.25, 0.3) is 5.82 Å². The van der Waals surface area contributed by atoms with E-state index in [-0.39, 0.29) is 12.1 Å². The fraction of sp³-hybridized carbons (Fsp3) is 0.323. The summed E-state index contributed by atoms with van der Waals surface area (Å²) in [6.07, 6.45) is 8.81. The maximum absolute atomic E-state index is 6.23. The summed E-state index contributed by atoms with van der Waals surface area (Å²) in [7, 11) is 0. The molecule has 0 amide bonds. The van der Waals surface area contributed by atoms with Crippen molar-refractivity contribution in [3.63, 3.8) is 0 Å². The van der Waals surface area contributed by atoms with E-state index in [1.165, 1.54) is 18.4 Å². The molecule has 6 rings (SSSR count). The van der Waals surface area contributed by atoms with Crippen molar-refractivity contribution in [1.82, 2.24) is 19.9 Å². The SMILES string of the molecule is Cc1cccnc1-n1c(C)cc([C@@H]2[C@H](c3ccccn3)NC(=S)N2c2ccc(OC3CCCC3)cc2)c1C. The average Bonchev–Trinajstić information content (AvgIpc) is 3.63. The molecular weight excluding hydrogens is 490 g/mol. The number of anilines is 1. The summed E-state index contributed by atoms with van der Waals surface area (Å²) in [4.78, 5) is 11.7. The molecule has 2 fully saturated rings. The zero-order chi connectivity index (χ0) is 26.2. The number of pyridine rings is 2. The van der Waals surface area contributed by atoms with Crippen LogP contribution in [0.3, 0.4) is 0 Å². The predicted molar refractivity (Wildman–Crippen MR) is 155 cm³/mol. The molecule has 1 aliphatic heterocycles. The highest BCUT2D eigenvalue weighted by Crippen LogP contribution is 2.44. The van der Waals surface area contributed by atoms with Gasteiger partial charge in [-0.1, -0.05) is 12.1 Å².